The van der Waals surface area contributed by atoms with Crippen molar-refractivity contribution in [3.05, 3.63) is 53.6 Å². The second-order valence-electron chi connectivity index (χ2n) is 5.13. The number of aromatic carboxylic acids is 1. The topological polar surface area (TPSA) is 81.6 Å². The van der Waals surface area contributed by atoms with E-state index in [0.29, 0.717) is 9.90 Å². The van der Waals surface area contributed by atoms with E-state index in [-0.39, 0.29) is 5.56 Å². The number of methoxy groups -OCH3 is 1. The van der Waals surface area contributed by atoms with E-state index in [2.05, 4.69) is 4.72 Å². The van der Waals surface area contributed by atoms with Crippen LogP contribution in [0.1, 0.15) is 15.9 Å². The first-order valence-corrected chi connectivity index (χ1v) is 9.05. The van der Waals surface area contributed by atoms with Crippen molar-refractivity contribution in [2.24, 2.45) is 0 Å². The quantitative estimate of drug-likeness (QED) is 0.670. The largest absolute Gasteiger partial charge is 0.587 e. The molecular formula is C17H15NO4S2. The summed E-state index contributed by atoms with van der Waals surface area (Å²) in [4.78, 5) is 11.0. The fourth-order valence-electron chi connectivity index (χ4n) is 2.35. The molecule has 0 bridgehead atoms. The van der Waals surface area contributed by atoms with Gasteiger partial charge in [0.1, 0.15) is 17.1 Å². The van der Waals surface area contributed by atoms with E-state index in [1.54, 1.807) is 19.2 Å². The average Bonchev–Trinajstić information content (AvgIpc) is 2.91. The highest BCUT2D eigenvalue weighted by molar-refractivity contribution is 7.94. The van der Waals surface area contributed by atoms with Gasteiger partial charge < -0.3 is 14.4 Å². The Bertz CT molecular complexity index is 907. The third-order valence-electron chi connectivity index (χ3n) is 3.59. The highest BCUT2D eigenvalue weighted by atomic mass is 32.2. The highest BCUT2D eigenvalue weighted by Crippen LogP contribution is 2.36. The van der Waals surface area contributed by atoms with Crippen LogP contribution in [0.4, 0.5) is 5.69 Å². The zero-order chi connectivity index (χ0) is 17.3. The fraction of sp³-hybridized carbons (Fsp3) is 0.118. The molecule has 0 aliphatic rings. The van der Waals surface area contributed by atoms with E-state index in [9.17, 15) is 9.35 Å². The highest BCUT2D eigenvalue weighted by Gasteiger charge is 2.21. The minimum atomic E-state index is -1.47. The van der Waals surface area contributed by atoms with Gasteiger partial charge in [0.25, 0.3) is 0 Å². The van der Waals surface area contributed by atoms with Gasteiger partial charge >= 0.3 is 5.97 Å². The van der Waals surface area contributed by atoms with Gasteiger partial charge in [-0.2, -0.15) is 0 Å². The van der Waals surface area contributed by atoms with Crippen LogP contribution in [0.15, 0.2) is 46.7 Å². The molecule has 2 N–H and O–H groups in total. The van der Waals surface area contributed by atoms with Crippen molar-refractivity contribution < 1.29 is 19.2 Å². The predicted molar refractivity (Wildman–Crippen MR) is 96.5 cm³/mol. The van der Waals surface area contributed by atoms with Gasteiger partial charge in [-0.05, 0) is 43.3 Å². The van der Waals surface area contributed by atoms with Crippen molar-refractivity contribution in [1.82, 2.24) is 0 Å². The molecule has 1 aromatic heterocycles. The number of carboxylic acids is 1. The Morgan fingerprint density at radius 2 is 2.08 bits per heavy atom. The van der Waals surface area contributed by atoms with Gasteiger partial charge in [0.15, 0.2) is 0 Å². The Morgan fingerprint density at radius 3 is 2.79 bits per heavy atom. The van der Waals surface area contributed by atoms with Gasteiger partial charge in [0, 0.05) is 15.6 Å². The number of hydrogen-bond donors (Lipinski definition) is 2. The van der Waals surface area contributed by atoms with Crippen molar-refractivity contribution in [3.8, 4) is 5.75 Å². The third kappa shape index (κ3) is 3.19. The lowest BCUT2D eigenvalue weighted by Crippen LogP contribution is -2.13. The van der Waals surface area contributed by atoms with E-state index < -0.39 is 17.3 Å². The van der Waals surface area contributed by atoms with E-state index in [1.165, 1.54) is 23.5 Å². The van der Waals surface area contributed by atoms with Crippen LogP contribution < -0.4 is 9.46 Å². The van der Waals surface area contributed by atoms with E-state index >= 15 is 0 Å². The fourth-order valence-corrected chi connectivity index (χ4v) is 4.79. The number of carbonyl (C=O) groups is 1. The van der Waals surface area contributed by atoms with Crippen LogP contribution in [-0.2, 0) is 11.4 Å². The van der Waals surface area contributed by atoms with Gasteiger partial charge in [0.2, 0.25) is 4.21 Å². The average molecular weight is 361 g/mol. The summed E-state index contributed by atoms with van der Waals surface area (Å²) in [5.41, 5.74) is 1.58. The third-order valence-corrected chi connectivity index (χ3v) is 6.42. The molecular weight excluding hydrogens is 346 g/mol. The number of nitrogens with one attached hydrogen (secondary N) is 1. The van der Waals surface area contributed by atoms with Crippen LogP contribution in [0.5, 0.6) is 5.75 Å². The maximum Gasteiger partial charge on any atom is 0.335 e. The molecule has 0 fully saturated rings. The maximum atomic E-state index is 12.7. The van der Waals surface area contributed by atoms with Gasteiger partial charge in [-0.15, -0.1) is 0 Å². The summed E-state index contributed by atoms with van der Waals surface area (Å²) < 4.78 is 22.5. The molecule has 1 unspecified atom stereocenters. The number of hydrogen-bond acceptors (Lipinski definition) is 5. The van der Waals surface area contributed by atoms with Gasteiger partial charge in [0.05, 0.1) is 18.4 Å². The number of ether oxygens (including phenoxy) is 1. The second-order valence-corrected chi connectivity index (χ2v) is 7.59. The molecule has 124 valence electrons. The summed E-state index contributed by atoms with van der Waals surface area (Å²) in [5, 5.41) is 10.0. The smallest absolute Gasteiger partial charge is 0.335 e. The van der Waals surface area contributed by atoms with Gasteiger partial charge in [-0.3, -0.25) is 0 Å². The summed E-state index contributed by atoms with van der Waals surface area (Å²) in [6, 6.07) is 12.0. The van der Waals surface area contributed by atoms with Crippen molar-refractivity contribution in [1.29, 1.82) is 0 Å². The first kappa shape index (κ1) is 16.6. The summed E-state index contributed by atoms with van der Waals surface area (Å²) in [7, 11) is 1.61. The van der Waals surface area contributed by atoms with Crippen LogP contribution in [0.3, 0.4) is 0 Å². The summed E-state index contributed by atoms with van der Waals surface area (Å²) >= 11 is -0.0275. The number of aryl methyl sites for hydroxylation is 1. The van der Waals surface area contributed by atoms with Crippen molar-refractivity contribution in [2.45, 2.75) is 11.1 Å². The molecule has 0 saturated carbocycles. The van der Waals surface area contributed by atoms with E-state index in [1.807, 2.05) is 25.1 Å². The maximum absolute atomic E-state index is 12.7. The molecule has 0 saturated heterocycles. The van der Waals surface area contributed by atoms with Gasteiger partial charge in [-0.1, -0.05) is 17.4 Å². The molecule has 7 heteroatoms. The lowest BCUT2D eigenvalue weighted by atomic mass is 10.2. The molecule has 24 heavy (non-hydrogen) atoms. The number of rotatable bonds is 5. The van der Waals surface area contributed by atoms with Gasteiger partial charge in [-0.25, -0.2) is 9.52 Å². The molecule has 3 aromatic rings. The molecule has 0 amide bonds. The van der Waals surface area contributed by atoms with Crippen LogP contribution in [0.2, 0.25) is 0 Å². The number of carboxylic acid groups (broad SMARTS) is 1. The number of anilines is 1. The monoisotopic (exact) mass is 361 g/mol. The Hall–Kier alpha value is -2.22. The lowest BCUT2D eigenvalue weighted by molar-refractivity contribution is 0.0697. The van der Waals surface area contributed by atoms with E-state index in [4.69, 9.17) is 9.84 Å². The van der Waals surface area contributed by atoms with Crippen LogP contribution in [0.25, 0.3) is 10.1 Å². The standard InChI is InChI=1S/C17H15NO4S2/c1-10-14-9-13(22-2)6-7-15(14)23-17(10)24(21)18-12-5-3-4-11(8-12)16(19)20/h3-9,18H,1-2H3,(H,19,20). The van der Waals surface area contributed by atoms with Crippen LogP contribution in [-0.4, -0.2) is 22.7 Å². The molecule has 5 nitrogen and oxygen atoms in total. The van der Waals surface area contributed by atoms with E-state index in [0.717, 1.165) is 21.4 Å². The number of fused-ring (bicyclic) bond motifs is 1. The predicted octanol–water partition coefficient (Wildman–Crippen LogP) is 4.05. The SMILES string of the molecule is COc1ccc2sc([S+]([O-])Nc3cccc(C(=O)O)c3)c(C)c2c1. The molecule has 3 rings (SSSR count). The first-order chi connectivity index (χ1) is 11.5. The zero-order valence-electron chi connectivity index (χ0n) is 13.0. The molecule has 0 radical (unpaired) electrons. The Labute approximate surface area is 146 Å². The second kappa shape index (κ2) is 6.72. The Morgan fingerprint density at radius 1 is 1.29 bits per heavy atom. The summed E-state index contributed by atoms with van der Waals surface area (Å²) in [6.45, 7) is 1.92. The minimum Gasteiger partial charge on any atom is -0.587 e. The van der Waals surface area contributed by atoms with Crippen LogP contribution in [0, 0.1) is 6.92 Å². The van der Waals surface area contributed by atoms with Crippen molar-refractivity contribution in [2.75, 3.05) is 11.8 Å². The van der Waals surface area contributed by atoms with Crippen molar-refractivity contribution >= 4 is 44.4 Å². The minimum absolute atomic E-state index is 0.148. The molecule has 0 aliphatic heterocycles. The molecule has 0 aliphatic carbocycles. The molecule has 1 atom stereocenters. The van der Waals surface area contributed by atoms with Crippen LogP contribution >= 0.6 is 11.3 Å². The lowest BCUT2D eigenvalue weighted by Gasteiger charge is -2.11. The summed E-state index contributed by atoms with van der Waals surface area (Å²) in [6.07, 6.45) is 0. The Balaban J connectivity index is 1.91. The molecule has 0 spiro atoms. The Kier molecular flexibility index (Phi) is 4.66. The van der Waals surface area contributed by atoms with Crippen molar-refractivity contribution in [3.63, 3.8) is 0 Å². The normalized spacial score (nSPS) is 12.1. The molecule has 2 aromatic carbocycles. The zero-order valence-corrected chi connectivity index (χ0v) is 14.7. The summed E-state index contributed by atoms with van der Waals surface area (Å²) in [5.74, 6) is -0.266. The number of thiophene rings is 1. The number of benzene rings is 2. The first-order valence-electron chi connectivity index (χ1n) is 7.08. The molecule has 1 heterocycles.